The van der Waals surface area contributed by atoms with Gasteiger partial charge < -0.3 is 5.73 Å². The summed E-state index contributed by atoms with van der Waals surface area (Å²) in [5, 5.41) is 3.35. The number of rotatable bonds is 4. The summed E-state index contributed by atoms with van der Waals surface area (Å²) >= 11 is 3.49. The van der Waals surface area contributed by atoms with Gasteiger partial charge in [-0.2, -0.15) is 0 Å². The first-order valence-corrected chi connectivity index (χ1v) is 7.45. The van der Waals surface area contributed by atoms with Crippen LogP contribution in [0.1, 0.15) is 30.5 Å². The molecule has 0 spiro atoms. The summed E-state index contributed by atoms with van der Waals surface area (Å²) in [6.07, 6.45) is 0. The smallest absolute Gasteiger partial charge is 0.0954 e. The van der Waals surface area contributed by atoms with Crippen molar-refractivity contribution in [3.8, 4) is 0 Å². The zero-order chi connectivity index (χ0) is 12.3. The van der Waals surface area contributed by atoms with Crippen LogP contribution in [0.25, 0.3) is 0 Å². The lowest BCUT2D eigenvalue weighted by atomic mass is 10.2. The molecular weight excluding hydrogens is 248 g/mol. The Balaban J connectivity index is 2.00. The third-order valence-electron chi connectivity index (χ3n) is 2.36. The fraction of sp³-hybridized carbons (Fsp3) is 0.308. The quantitative estimate of drug-likeness (QED) is 0.666. The van der Waals surface area contributed by atoms with Crippen molar-refractivity contribution in [3.63, 3.8) is 0 Å². The van der Waals surface area contributed by atoms with E-state index in [2.05, 4.69) is 30.3 Å². The number of hydrogen-bond acceptors (Lipinski definition) is 4. The molecule has 1 heterocycles. The predicted octanol–water partition coefficient (Wildman–Crippen LogP) is 4.14. The van der Waals surface area contributed by atoms with Crippen LogP contribution in [-0.4, -0.2) is 4.98 Å². The van der Waals surface area contributed by atoms with Crippen LogP contribution in [0.2, 0.25) is 0 Å². The summed E-state index contributed by atoms with van der Waals surface area (Å²) < 4.78 is 0. The van der Waals surface area contributed by atoms with Gasteiger partial charge in [-0.25, -0.2) is 4.98 Å². The second kappa shape index (κ2) is 5.56. The molecule has 0 fully saturated rings. The van der Waals surface area contributed by atoms with Gasteiger partial charge in [0.2, 0.25) is 0 Å². The van der Waals surface area contributed by atoms with Crippen LogP contribution >= 0.6 is 23.1 Å². The SMILES string of the molecule is CC(C)c1nc(CSc2ccccc2N)cs1. The molecule has 0 aliphatic heterocycles. The molecule has 2 nitrogen and oxygen atoms in total. The number of nitrogen functional groups attached to an aromatic ring is 1. The Labute approximate surface area is 110 Å². The lowest BCUT2D eigenvalue weighted by Gasteiger charge is -2.03. The average Bonchev–Trinajstić information content (AvgIpc) is 2.77. The summed E-state index contributed by atoms with van der Waals surface area (Å²) in [6.45, 7) is 4.34. The second-order valence-electron chi connectivity index (χ2n) is 4.16. The minimum Gasteiger partial charge on any atom is -0.398 e. The second-order valence-corrected chi connectivity index (χ2v) is 6.07. The molecule has 0 atom stereocenters. The van der Waals surface area contributed by atoms with E-state index >= 15 is 0 Å². The molecule has 1 aromatic carbocycles. The van der Waals surface area contributed by atoms with Gasteiger partial charge in [-0.3, -0.25) is 0 Å². The molecule has 0 unspecified atom stereocenters. The van der Waals surface area contributed by atoms with Gasteiger partial charge in [0.25, 0.3) is 0 Å². The van der Waals surface area contributed by atoms with Crippen molar-refractivity contribution in [1.82, 2.24) is 4.98 Å². The highest BCUT2D eigenvalue weighted by Crippen LogP contribution is 2.29. The Kier molecular flexibility index (Phi) is 4.07. The number of benzene rings is 1. The van der Waals surface area contributed by atoms with Crippen molar-refractivity contribution in [2.45, 2.75) is 30.4 Å². The molecule has 0 saturated carbocycles. The maximum atomic E-state index is 5.90. The van der Waals surface area contributed by atoms with E-state index in [9.17, 15) is 0 Å². The molecule has 0 radical (unpaired) electrons. The first-order chi connectivity index (χ1) is 8.16. The number of para-hydroxylation sites is 1. The van der Waals surface area contributed by atoms with Crippen molar-refractivity contribution < 1.29 is 0 Å². The van der Waals surface area contributed by atoms with Gasteiger partial charge in [-0.1, -0.05) is 26.0 Å². The molecular formula is C13H16N2S2. The van der Waals surface area contributed by atoms with Crippen molar-refractivity contribution in [2.75, 3.05) is 5.73 Å². The third-order valence-corrected chi connectivity index (χ3v) is 4.67. The molecule has 0 aliphatic carbocycles. The Hall–Kier alpha value is -1.00. The zero-order valence-electron chi connectivity index (χ0n) is 10.0. The Morgan fingerprint density at radius 3 is 2.76 bits per heavy atom. The molecule has 0 amide bonds. The van der Waals surface area contributed by atoms with Crippen LogP contribution in [0.5, 0.6) is 0 Å². The summed E-state index contributed by atoms with van der Waals surface area (Å²) in [6, 6.07) is 7.96. The molecule has 2 N–H and O–H groups in total. The molecule has 2 rings (SSSR count). The molecule has 4 heteroatoms. The van der Waals surface area contributed by atoms with Crippen LogP contribution in [0.3, 0.4) is 0 Å². The van der Waals surface area contributed by atoms with Crippen molar-refractivity contribution in [1.29, 1.82) is 0 Å². The highest BCUT2D eigenvalue weighted by molar-refractivity contribution is 7.98. The molecule has 90 valence electrons. The normalized spacial score (nSPS) is 11.0. The fourth-order valence-electron chi connectivity index (χ4n) is 1.42. The predicted molar refractivity (Wildman–Crippen MR) is 76.6 cm³/mol. The number of nitrogens with two attached hydrogens (primary N) is 1. The van der Waals surface area contributed by atoms with Gasteiger partial charge in [0, 0.05) is 27.6 Å². The van der Waals surface area contributed by atoms with Crippen molar-refractivity contribution in [2.24, 2.45) is 0 Å². The van der Waals surface area contributed by atoms with E-state index in [0.717, 1.165) is 22.0 Å². The van der Waals surface area contributed by atoms with Crippen LogP contribution in [0.4, 0.5) is 5.69 Å². The van der Waals surface area contributed by atoms with Crippen LogP contribution in [0, 0.1) is 0 Å². The lowest BCUT2D eigenvalue weighted by molar-refractivity contribution is 0.846. The van der Waals surface area contributed by atoms with Gasteiger partial charge in [0.1, 0.15) is 0 Å². The van der Waals surface area contributed by atoms with Crippen LogP contribution in [-0.2, 0) is 5.75 Å². The van der Waals surface area contributed by atoms with E-state index in [1.54, 1.807) is 23.1 Å². The van der Waals surface area contributed by atoms with Crippen LogP contribution in [0.15, 0.2) is 34.5 Å². The van der Waals surface area contributed by atoms with E-state index < -0.39 is 0 Å². The lowest BCUT2D eigenvalue weighted by Crippen LogP contribution is -1.89. The minimum atomic E-state index is 0.514. The minimum absolute atomic E-state index is 0.514. The highest BCUT2D eigenvalue weighted by atomic mass is 32.2. The summed E-state index contributed by atoms with van der Waals surface area (Å²) in [4.78, 5) is 5.74. The molecule has 0 bridgehead atoms. The zero-order valence-corrected chi connectivity index (χ0v) is 11.6. The third kappa shape index (κ3) is 3.23. The molecule has 1 aromatic heterocycles. The number of thioether (sulfide) groups is 1. The van der Waals surface area contributed by atoms with Crippen molar-refractivity contribution in [3.05, 3.63) is 40.3 Å². The first-order valence-electron chi connectivity index (χ1n) is 5.58. The number of nitrogens with zero attached hydrogens (tertiary/aromatic N) is 1. The first kappa shape index (κ1) is 12.5. The average molecular weight is 264 g/mol. The van der Waals surface area contributed by atoms with E-state index in [4.69, 9.17) is 5.73 Å². The van der Waals surface area contributed by atoms with Gasteiger partial charge >= 0.3 is 0 Å². The Bertz CT molecular complexity index is 492. The summed E-state index contributed by atoms with van der Waals surface area (Å²) in [5.74, 6) is 1.40. The molecule has 2 aromatic rings. The Morgan fingerprint density at radius 1 is 1.35 bits per heavy atom. The Morgan fingerprint density at radius 2 is 2.12 bits per heavy atom. The number of hydrogen-bond donors (Lipinski definition) is 1. The monoisotopic (exact) mass is 264 g/mol. The van der Waals surface area contributed by atoms with Gasteiger partial charge in [0.05, 0.1) is 10.7 Å². The molecule has 0 aliphatic rings. The maximum absolute atomic E-state index is 5.90. The highest BCUT2D eigenvalue weighted by Gasteiger charge is 2.06. The summed E-state index contributed by atoms with van der Waals surface area (Å²) in [5.41, 5.74) is 7.89. The number of anilines is 1. The fourth-order valence-corrected chi connectivity index (χ4v) is 3.22. The van der Waals surface area contributed by atoms with E-state index in [0.29, 0.717) is 5.92 Å². The number of thiazole rings is 1. The van der Waals surface area contributed by atoms with Crippen LogP contribution < -0.4 is 5.73 Å². The standard InChI is InChI=1S/C13H16N2S2/c1-9(2)13-15-10(8-17-13)7-16-12-6-4-3-5-11(12)14/h3-6,8-9H,7,14H2,1-2H3. The van der Waals surface area contributed by atoms with Gasteiger partial charge in [-0.15, -0.1) is 23.1 Å². The number of aromatic nitrogens is 1. The maximum Gasteiger partial charge on any atom is 0.0954 e. The van der Waals surface area contributed by atoms with E-state index in [1.165, 1.54) is 5.01 Å². The largest absolute Gasteiger partial charge is 0.398 e. The topological polar surface area (TPSA) is 38.9 Å². The van der Waals surface area contributed by atoms with Gasteiger partial charge in [-0.05, 0) is 12.1 Å². The van der Waals surface area contributed by atoms with Gasteiger partial charge in [0.15, 0.2) is 0 Å². The van der Waals surface area contributed by atoms with E-state index in [1.807, 2.05) is 18.2 Å². The summed E-state index contributed by atoms with van der Waals surface area (Å²) in [7, 11) is 0. The van der Waals surface area contributed by atoms with E-state index in [-0.39, 0.29) is 0 Å². The molecule has 0 saturated heterocycles. The molecule has 17 heavy (non-hydrogen) atoms. The van der Waals surface area contributed by atoms with Crippen molar-refractivity contribution >= 4 is 28.8 Å².